The summed E-state index contributed by atoms with van der Waals surface area (Å²) in [5.74, 6) is 2.14. The van der Waals surface area contributed by atoms with Crippen molar-refractivity contribution in [1.29, 1.82) is 0 Å². The molecule has 2 rings (SSSR count). The minimum atomic E-state index is 0.312. The van der Waals surface area contributed by atoms with Crippen molar-refractivity contribution in [3.8, 4) is 0 Å². The number of nitrogens with two attached hydrogens (primary N) is 1. The zero-order valence-electron chi connectivity index (χ0n) is 7.88. The molecule has 0 aliphatic heterocycles. The molecule has 2 atom stereocenters. The van der Waals surface area contributed by atoms with Crippen LogP contribution in [-0.4, -0.2) is 6.54 Å². The third-order valence-electron chi connectivity index (χ3n) is 3.20. The maximum absolute atomic E-state index is 5.69. The number of furan rings is 1. The fourth-order valence-electron chi connectivity index (χ4n) is 2.24. The van der Waals surface area contributed by atoms with Crippen molar-refractivity contribution in [2.75, 3.05) is 6.54 Å². The zero-order valence-corrected chi connectivity index (χ0v) is 9.47. The first kappa shape index (κ1) is 9.28. The van der Waals surface area contributed by atoms with Crippen molar-refractivity contribution < 1.29 is 4.42 Å². The van der Waals surface area contributed by atoms with E-state index in [1.165, 1.54) is 0 Å². The van der Waals surface area contributed by atoms with Crippen LogP contribution >= 0.6 is 15.9 Å². The normalized spacial score (nSPS) is 30.5. The molecule has 1 aliphatic rings. The van der Waals surface area contributed by atoms with Gasteiger partial charge < -0.3 is 10.2 Å². The van der Waals surface area contributed by atoms with Gasteiger partial charge in [0.2, 0.25) is 0 Å². The summed E-state index contributed by atoms with van der Waals surface area (Å²) in [5, 5.41) is 0. The van der Waals surface area contributed by atoms with Crippen molar-refractivity contribution in [2.24, 2.45) is 17.1 Å². The van der Waals surface area contributed by atoms with Crippen molar-refractivity contribution in [1.82, 2.24) is 0 Å². The van der Waals surface area contributed by atoms with Gasteiger partial charge in [0.25, 0.3) is 0 Å². The lowest BCUT2D eigenvalue weighted by Crippen LogP contribution is -2.05. The third-order valence-corrected chi connectivity index (χ3v) is 3.61. The van der Waals surface area contributed by atoms with Gasteiger partial charge in [-0.2, -0.15) is 0 Å². The van der Waals surface area contributed by atoms with Crippen molar-refractivity contribution in [3.63, 3.8) is 0 Å². The monoisotopic (exact) mass is 243 g/mol. The first-order chi connectivity index (χ1) is 6.07. The fraction of sp³-hybridized carbons (Fsp3) is 0.600. The van der Waals surface area contributed by atoms with Crippen LogP contribution in [0.1, 0.15) is 25.5 Å². The summed E-state index contributed by atoms with van der Waals surface area (Å²) in [7, 11) is 0. The number of hydrogen-bond donors (Lipinski definition) is 1. The summed E-state index contributed by atoms with van der Waals surface area (Å²) in [6.07, 6.45) is 1.73. The van der Waals surface area contributed by atoms with Crippen LogP contribution in [0.15, 0.2) is 21.2 Å². The summed E-state index contributed by atoms with van der Waals surface area (Å²) in [4.78, 5) is 0. The summed E-state index contributed by atoms with van der Waals surface area (Å²) in [6, 6.07) is 2.04. The van der Waals surface area contributed by atoms with Gasteiger partial charge in [-0.3, -0.25) is 0 Å². The van der Waals surface area contributed by atoms with Gasteiger partial charge in [-0.1, -0.05) is 13.8 Å². The van der Waals surface area contributed by atoms with Gasteiger partial charge in [0.15, 0.2) is 0 Å². The Balaban J connectivity index is 2.21. The minimum Gasteiger partial charge on any atom is -0.468 e. The minimum absolute atomic E-state index is 0.312. The van der Waals surface area contributed by atoms with Crippen LogP contribution in [-0.2, 0) is 0 Å². The smallest absolute Gasteiger partial charge is 0.108 e. The molecule has 1 heterocycles. The number of halogens is 1. The highest BCUT2D eigenvalue weighted by molar-refractivity contribution is 9.10. The molecule has 1 saturated carbocycles. The molecule has 1 aromatic heterocycles. The molecule has 13 heavy (non-hydrogen) atoms. The molecular formula is C10H14BrNO. The van der Waals surface area contributed by atoms with Gasteiger partial charge in [0, 0.05) is 5.92 Å². The van der Waals surface area contributed by atoms with Crippen LogP contribution in [0.2, 0.25) is 0 Å². The van der Waals surface area contributed by atoms with E-state index >= 15 is 0 Å². The molecule has 2 nitrogen and oxygen atoms in total. The lowest BCUT2D eigenvalue weighted by Gasteiger charge is -1.98. The Bertz CT molecular complexity index is 318. The van der Waals surface area contributed by atoms with Crippen molar-refractivity contribution in [3.05, 3.63) is 22.6 Å². The van der Waals surface area contributed by atoms with Crippen LogP contribution in [0.5, 0.6) is 0 Å². The average Bonchev–Trinajstić information content (AvgIpc) is 2.41. The molecule has 3 heteroatoms. The molecule has 0 aromatic carbocycles. The van der Waals surface area contributed by atoms with Crippen molar-refractivity contribution in [2.45, 2.75) is 19.8 Å². The first-order valence-corrected chi connectivity index (χ1v) is 5.30. The standard InChI is InChI=1S/C10H14BrNO/c1-10(2)7(4-12)9(10)8-3-6(11)5-13-8/h3,5,7,9H,4,12H2,1-2H3/t7-,9+/m1/s1. The molecule has 0 spiro atoms. The molecule has 1 fully saturated rings. The maximum Gasteiger partial charge on any atom is 0.108 e. The molecular weight excluding hydrogens is 230 g/mol. The summed E-state index contributed by atoms with van der Waals surface area (Å²) >= 11 is 3.38. The average molecular weight is 244 g/mol. The van der Waals surface area contributed by atoms with Crippen LogP contribution in [0.3, 0.4) is 0 Å². The lowest BCUT2D eigenvalue weighted by atomic mass is 10.1. The maximum atomic E-state index is 5.69. The Morgan fingerprint density at radius 1 is 1.62 bits per heavy atom. The second kappa shape index (κ2) is 2.85. The second-order valence-corrected chi connectivity index (χ2v) is 5.22. The van der Waals surface area contributed by atoms with Gasteiger partial charge in [-0.15, -0.1) is 0 Å². The van der Waals surface area contributed by atoms with Crippen LogP contribution in [0, 0.1) is 11.3 Å². The largest absolute Gasteiger partial charge is 0.468 e. The van der Waals surface area contributed by atoms with E-state index in [0.717, 1.165) is 16.8 Å². The third kappa shape index (κ3) is 1.34. The lowest BCUT2D eigenvalue weighted by molar-refractivity contribution is 0.481. The van der Waals surface area contributed by atoms with Gasteiger partial charge in [0.05, 0.1) is 4.47 Å². The highest BCUT2D eigenvalue weighted by Crippen LogP contribution is 2.64. The van der Waals surface area contributed by atoms with E-state index in [1.807, 2.05) is 6.07 Å². The Hall–Kier alpha value is -0.280. The Kier molecular flexibility index (Phi) is 2.04. The van der Waals surface area contributed by atoms with Gasteiger partial charge >= 0.3 is 0 Å². The molecule has 0 bridgehead atoms. The van der Waals surface area contributed by atoms with Crippen molar-refractivity contribution >= 4 is 15.9 Å². The Morgan fingerprint density at radius 3 is 2.69 bits per heavy atom. The molecule has 0 unspecified atom stereocenters. The molecule has 2 N–H and O–H groups in total. The van der Waals surface area contributed by atoms with Crippen LogP contribution in [0.4, 0.5) is 0 Å². The summed E-state index contributed by atoms with van der Waals surface area (Å²) in [6.45, 7) is 5.23. The SMILES string of the molecule is CC1(C)[C@H](CN)[C@H]1c1cc(Br)co1. The van der Waals surface area contributed by atoms with Gasteiger partial charge in [0.1, 0.15) is 12.0 Å². The predicted octanol–water partition coefficient (Wildman–Crippen LogP) is 2.74. The van der Waals surface area contributed by atoms with E-state index in [9.17, 15) is 0 Å². The molecule has 0 radical (unpaired) electrons. The van der Waals surface area contributed by atoms with E-state index in [1.54, 1.807) is 6.26 Å². The molecule has 1 aromatic rings. The first-order valence-electron chi connectivity index (χ1n) is 4.51. The Labute approximate surface area is 86.6 Å². The highest BCUT2D eigenvalue weighted by atomic mass is 79.9. The number of rotatable bonds is 2. The van der Waals surface area contributed by atoms with Gasteiger partial charge in [-0.25, -0.2) is 0 Å². The molecule has 0 saturated heterocycles. The fourth-order valence-corrected chi connectivity index (χ4v) is 2.56. The molecule has 72 valence electrons. The van der Waals surface area contributed by atoms with E-state index in [-0.39, 0.29) is 0 Å². The summed E-state index contributed by atoms with van der Waals surface area (Å²) < 4.78 is 6.47. The predicted molar refractivity (Wildman–Crippen MR) is 55.5 cm³/mol. The Morgan fingerprint density at radius 2 is 2.31 bits per heavy atom. The molecule has 1 aliphatic carbocycles. The van der Waals surface area contributed by atoms with E-state index < -0.39 is 0 Å². The highest BCUT2D eigenvalue weighted by Gasteiger charge is 2.58. The van der Waals surface area contributed by atoms with Crippen LogP contribution in [0.25, 0.3) is 0 Å². The van der Waals surface area contributed by atoms with Crippen LogP contribution < -0.4 is 5.73 Å². The second-order valence-electron chi connectivity index (χ2n) is 4.31. The quantitative estimate of drug-likeness (QED) is 0.868. The van der Waals surface area contributed by atoms with E-state index in [0.29, 0.717) is 17.3 Å². The summed E-state index contributed by atoms with van der Waals surface area (Å²) in [5.41, 5.74) is 6.00. The van der Waals surface area contributed by atoms with Gasteiger partial charge in [-0.05, 0) is 39.9 Å². The van der Waals surface area contributed by atoms with E-state index in [4.69, 9.17) is 10.2 Å². The topological polar surface area (TPSA) is 39.2 Å². The molecule has 0 amide bonds. The zero-order chi connectivity index (χ0) is 9.64. The van der Waals surface area contributed by atoms with E-state index in [2.05, 4.69) is 29.8 Å². The number of hydrogen-bond acceptors (Lipinski definition) is 2.